The molecule has 1 atom stereocenters. The number of hydrogen-bond acceptors (Lipinski definition) is 2. The van der Waals surface area contributed by atoms with E-state index >= 15 is 0 Å². The fourth-order valence-corrected chi connectivity index (χ4v) is 1.58. The van der Waals surface area contributed by atoms with Gasteiger partial charge >= 0.3 is 6.18 Å². The molecule has 0 spiro atoms. The van der Waals surface area contributed by atoms with Crippen LogP contribution in [-0.2, 0) is 13.0 Å². The number of nitrogens with two attached hydrogens (primary N) is 1. The molecule has 1 unspecified atom stereocenters. The second-order valence-corrected chi connectivity index (χ2v) is 3.82. The van der Waals surface area contributed by atoms with Gasteiger partial charge in [0.2, 0.25) is 0 Å². The lowest BCUT2D eigenvalue weighted by molar-refractivity contribution is -0.158. The SMILES string of the molecule is CCc1nccn1CC(C(N)=S)C(F)(F)F. The third-order valence-corrected chi connectivity index (χ3v) is 2.52. The molecule has 0 aliphatic heterocycles. The van der Waals surface area contributed by atoms with Crippen LogP contribution in [-0.4, -0.2) is 20.7 Å². The quantitative estimate of drug-likeness (QED) is 0.831. The number of nitrogens with zero attached hydrogens (tertiary/aromatic N) is 2. The Hall–Kier alpha value is -1.11. The van der Waals surface area contributed by atoms with Crippen molar-refractivity contribution in [1.82, 2.24) is 9.55 Å². The molecule has 0 aliphatic carbocycles. The molecule has 0 aliphatic rings. The summed E-state index contributed by atoms with van der Waals surface area (Å²) in [5.41, 5.74) is 5.11. The van der Waals surface area contributed by atoms with Crippen LogP contribution in [0, 0.1) is 5.92 Å². The lowest BCUT2D eigenvalue weighted by Gasteiger charge is -2.20. The van der Waals surface area contributed by atoms with Crippen molar-refractivity contribution >= 4 is 17.2 Å². The monoisotopic (exact) mass is 251 g/mol. The van der Waals surface area contributed by atoms with Crippen LogP contribution in [0.3, 0.4) is 0 Å². The standard InChI is InChI=1S/C9H12F3N3S/c1-2-7-14-3-4-15(7)5-6(8(13)16)9(10,11)12/h3-4,6H,2,5H2,1H3,(H2,13,16). The number of aromatic nitrogens is 2. The molecule has 1 heterocycles. The summed E-state index contributed by atoms with van der Waals surface area (Å²) in [7, 11) is 0. The van der Waals surface area contributed by atoms with Gasteiger partial charge in [-0.1, -0.05) is 19.1 Å². The van der Waals surface area contributed by atoms with Gasteiger partial charge < -0.3 is 10.3 Å². The lowest BCUT2D eigenvalue weighted by Crippen LogP contribution is -2.37. The highest BCUT2D eigenvalue weighted by atomic mass is 32.1. The molecule has 3 nitrogen and oxygen atoms in total. The van der Waals surface area contributed by atoms with E-state index in [1.807, 2.05) is 6.92 Å². The Morgan fingerprint density at radius 3 is 2.69 bits per heavy atom. The predicted octanol–water partition coefficient (Wildman–Crippen LogP) is 1.91. The average molecular weight is 251 g/mol. The molecule has 0 aromatic carbocycles. The first-order chi connectivity index (χ1) is 7.36. The maximum absolute atomic E-state index is 12.6. The first-order valence-corrected chi connectivity index (χ1v) is 5.13. The van der Waals surface area contributed by atoms with E-state index in [1.165, 1.54) is 17.0 Å². The zero-order valence-corrected chi connectivity index (χ0v) is 9.48. The zero-order chi connectivity index (χ0) is 12.3. The highest BCUT2D eigenvalue weighted by Gasteiger charge is 2.42. The van der Waals surface area contributed by atoms with Crippen molar-refractivity contribution in [2.75, 3.05) is 0 Å². The molecule has 0 saturated carbocycles. The van der Waals surface area contributed by atoms with Gasteiger partial charge in [0, 0.05) is 25.4 Å². The topological polar surface area (TPSA) is 43.8 Å². The van der Waals surface area contributed by atoms with Crippen LogP contribution in [0.5, 0.6) is 0 Å². The van der Waals surface area contributed by atoms with Crippen LogP contribution >= 0.6 is 12.2 Å². The molecule has 1 aromatic rings. The smallest absolute Gasteiger partial charge is 0.393 e. The van der Waals surface area contributed by atoms with Crippen molar-refractivity contribution in [3.8, 4) is 0 Å². The minimum absolute atomic E-state index is 0.304. The lowest BCUT2D eigenvalue weighted by atomic mass is 10.1. The van der Waals surface area contributed by atoms with E-state index in [1.54, 1.807) is 0 Å². The number of halogens is 3. The number of hydrogen-bond donors (Lipinski definition) is 1. The molecule has 1 rings (SSSR count). The highest BCUT2D eigenvalue weighted by molar-refractivity contribution is 7.80. The van der Waals surface area contributed by atoms with Crippen LogP contribution in [0.25, 0.3) is 0 Å². The maximum atomic E-state index is 12.6. The van der Waals surface area contributed by atoms with Crippen molar-refractivity contribution in [2.45, 2.75) is 26.1 Å². The Labute approximate surface area is 96.5 Å². The Morgan fingerprint density at radius 1 is 1.62 bits per heavy atom. The first-order valence-electron chi connectivity index (χ1n) is 4.72. The van der Waals surface area contributed by atoms with Gasteiger partial charge in [0.05, 0.1) is 4.99 Å². The van der Waals surface area contributed by atoms with E-state index in [0.717, 1.165) is 0 Å². The van der Waals surface area contributed by atoms with Crippen LogP contribution in [0.15, 0.2) is 12.4 Å². The number of imidazole rings is 1. The van der Waals surface area contributed by atoms with Crippen LogP contribution in [0.2, 0.25) is 0 Å². The van der Waals surface area contributed by atoms with E-state index in [4.69, 9.17) is 5.73 Å². The Morgan fingerprint density at radius 2 is 2.25 bits per heavy atom. The molecule has 0 fully saturated rings. The molecule has 2 N–H and O–H groups in total. The van der Waals surface area contributed by atoms with Crippen LogP contribution in [0.4, 0.5) is 13.2 Å². The summed E-state index contributed by atoms with van der Waals surface area (Å²) in [4.78, 5) is 3.40. The highest BCUT2D eigenvalue weighted by Crippen LogP contribution is 2.28. The second kappa shape index (κ2) is 4.82. The van der Waals surface area contributed by atoms with Crippen molar-refractivity contribution in [3.63, 3.8) is 0 Å². The maximum Gasteiger partial charge on any atom is 0.399 e. The van der Waals surface area contributed by atoms with E-state index in [2.05, 4.69) is 17.2 Å². The van der Waals surface area contributed by atoms with Crippen LogP contribution in [0.1, 0.15) is 12.7 Å². The summed E-state index contributed by atoms with van der Waals surface area (Å²) in [6.07, 6.45) is -0.891. The normalized spacial score (nSPS) is 13.8. The van der Waals surface area contributed by atoms with Gasteiger partial charge in [-0.2, -0.15) is 13.2 Å². The van der Waals surface area contributed by atoms with Gasteiger partial charge in [-0.15, -0.1) is 0 Å². The molecule has 0 amide bonds. The molecule has 0 saturated heterocycles. The third kappa shape index (κ3) is 2.94. The van der Waals surface area contributed by atoms with Gasteiger partial charge in [0.1, 0.15) is 11.7 Å². The minimum atomic E-state index is -4.42. The van der Waals surface area contributed by atoms with Gasteiger partial charge in [-0.3, -0.25) is 0 Å². The Bertz CT molecular complexity index is 372. The molecule has 0 bridgehead atoms. The third-order valence-electron chi connectivity index (χ3n) is 2.24. The summed E-state index contributed by atoms with van der Waals surface area (Å²) in [6, 6.07) is 0. The Balaban J connectivity index is 2.89. The fourth-order valence-electron chi connectivity index (χ4n) is 1.37. The molecule has 7 heteroatoms. The average Bonchev–Trinajstić information content (AvgIpc) is 2.58. The number of alkyl halides is 3. The van der Waals surface area contributed by atoms with Crippen molar-refractivity contribution < 1.29 is 13.2 Å². The fraction of sp³-hybridized carbons (Fsp3) is 0.556. The Kier molecular flexibility index (Phi) is 3.90. The van der Waals surface area contributed by atoms with Gasteiger partial charge in [0.15, 0.2) is 0 Å². The summed E-state index contributed by atoms with van der Waals surface area (Å²) in [5, 5.41) is 0. The predicted molar refractivity (Wildman–Crippen MR) is 57.9 cm³/mol. The molecule has 1 aromatic heterocycles. The number of aryl methyl sites for hydroxylation is 1. The van der Waals surface area contributed by atoms with E-state index in [0.29, 0.717) is 12.2 Å². The molecule has 16 heavy (non-hydrogen) atoms. The zero-order valence-electron chi connectivity index (χ0n) is 8.66. The van der Waals surface area contributed by atoms with Gasteiger partial charge in [-0.25, -0.2) is 4.98 Å². The number of thiocarbonyl (C=S) groups is 1. The van der Waals surface area contributed by atoms with Gasteiger partial charge in [-0.05, 0) is 0 Å². The van der Waals surface area contributed by atoms with Gasteiger partial charge in [0.25, 0.3) is 0 Å². The summed E-state index contributed by atoms with van der Waals surface area (Å²) in [6.45, 7) is 1.52. The van der Waals surface area contributed by atoms with Crippen LogP contribution < -0.4 is 5.73 Å². The molecule has 90 valence electrons. The second-order valence-electron chi connectivity index (χ2n) is 3.35. The largest absolute Gasteiger partial charge is 0.399 e. The summed E-state index contributed by atoms with van der Waals surface area (Å²) < 4.78 is 39.2. The van der Waals surface area contributed by atoms with Crippen molar-refractivity contribution in [3.05, 3.63) is 18.2 Å². The van der Waals surface area contributed by atoms with E-state index in [9.17, 15) is 13.2 Å². The molecular formula is C9H12F3N3S. The van der Waals surface area contributed by atoms with E-state index < -0.39 is 17.1 Å². The van der Waals surface area contributed by atoms with Crippen molar-refractivity contribution in [1.29, 1.82) is 0 Å². The molecule has 0 radical (unpaired) electrons. The summed E-state index contributed by atoms with van der Waals surface area (Å²) in [5.74, 6) is -1.22. The van der Waals surface area contributed by atoms with E-state index in [-0.39, 0.29) is 6.54 Å². The number of rotatable bonds is 4. The van der Waals surface area contributed by atoms with Crippen molar-refractivity contribution in [2.24, 2.45) is 11.7 Å². The molecular weight excluding hydrogens is 239 g/mol. The minimum Gasteiger partial charge on any atom is -0.393 e. The first kappa shape index (κ1) is 13.0. The summed E-state index contributed by atoms with van der Waals surface area (Å²) >= 11 is 4.44.